The molecule has 1 N–H and O–H groups in total. The second-order valence-electron chi connectivity index (χ2n) is 6.59. The number of hydrogen-bond acceptors (Lipinski definition) is 4. The molecule has 1 fully saturated rings. The average Bonchev–Trinajstić information content (AvgIpc) is 2.90. The fraction of sp³-hybridized carbons (Fsp3) is 0.421. The van der Waals surface area contributed by atoms with E-state index in [4.69, 9.17) is 0 Å². The van der Waals surface area contributed by atoms with Gasteiger partial charge in [-0.1, -0.05) is 18.9 Å². The Labute approximate surface area is 155 Å². The van der Waals surface area contributed by atoms with Gasteiger partial charge in [0.25, 0.3) is 5.91 Å². The first-order valence-corrected chi connectivity index (χ1v) is 8.92. The van der Waals surface area contributed by atoms with E-state index in [9.17, 15) is 18.0 Å². The van der Waals surface area contributed by atoms with Crippen LogP contribution in [0.3, 0.4) is 0 Å². The zero-order valence-corrected chi connectivity index (χ0v) is 15.0. The molecule has 2 heterocycles. The van der Waals surface area contributed by atoms with E-state index in [1.807, 2.05) is 0 Å². The maximum Gasteiger partial charge on any atom is 0.416 e. The van der Waals surface area contributed by atoms with Crippen LogP contribution < -0.4 is 10.2 Å². The Balaban J connectivity index is 1.80. The summed E-state index contributed by atoms with van der Waals surface area (Å²) in [5.74, 6) is 0.570. The van der Waals surface area contributed by atoms with Crippen LogP contribution in [0.25, 0.3) is 0 Å². The highest BCUT2D eigenvalue weighted by Crippen LogP contribution is 2.30. The van der Waals surface area contributed by atoms with Gasteiger partial charge in [-0.3, -0.25) is 4.79 Å². The second kappa shape index (κ2) is 7.94. The van der Waals surface area contributed by atoms with E-state index in [-0.39, 0.29) is 11.4 Å². The largest absolute Gasteiger partial charge is 0.416 e. The number of nitrogens with zero attached hydrogens (tertiary/aromatic N) is 3. The lowest BCUT2D eigenvalue weighted by atomic mass is 10.2. The van der Waals surface area contributed by atoms with Gasteiger partial charge in [-0.15, -0.1) is 0 Å². The summed E-state index contributed by atoms with van der Waals surface area (Å²) in [6.45, 7) is 3.43. The Hall–Kier alpha value is -2.64. The third-order valence-corrected chi connectivity index (χ3v) is 4.43. The van der Waals surface area contributed by atoms with E-state index in [2.05, 4.69) is 20.2 Å². The number of carbonyl (C=O) groups excluding carboxylic acids is 1. The SMILES string of the molecule is Cc1nc(C(=O)Nc2cccc(C(F)(F)F)c2)cc(N2CCCCCC2)n1. The smallest absolute Gasteiger partial charge is 0.356 e. The number of alkyl halides is 3. The average molecular weight is 378 g/mol. The number of aryl methyl sites for hydroxylation is 1. The topological polar surface area (TPSA) is 58.1 Å². The van der Waals surface area contributed by atoms with Crippen LogP contribution in [0.15, 0.2) is 30.3 Å². The Bertz CT molecular complexity index is 815. The minimum absolute atomic E-state index is 0.0717. The van der Waals surface area contributed by atoms with Crippen molar-refractivity contribution in [1.82, 2.24) is 9.97 Å². The Morgan fingerprint density at radius 1 is 1.07 bits per heavy atom. The maximum absolute atomic E-state index is 12.8. The van der Waals surface area contributed by atoms with Gasteiger partial charge in [-0.2, -0.15) is 13.2 Å². The highest BCUT2D eigenvalue weighted by molar-refractivity contribution is 6.03. The highest BCUT2D eigenvalue weighted by Gasteiger charge is 2.30. The Kier molecular flexibility index (Phi) is 5.62. The number of rotatable bonds is 3. The monoisotopic (exact) mass is 378 g/mol. The molecule has 1 saturated heterocycles. The number of nitrogens with one attached hydrogen (secondary N) is 1. The molecule has 3 rings (SSSR count). The molecule has 1 aliphatic rings. The van der Waals surface area contributed by atoms with Crippen LogP contribution in [0.5, 0.6) is 0 Å². The van der Waals surface area contributed by atoms with Crippen molar-refractivity contribution in [3.63, 3.8) is 0 Å². The summed E-state index contributed by atoms with van der Waals surface area (Å²) in [5.41, 5.74) is -0.606. The van der Waals surface area contributed by atoms with E-state index in [0.717, 1.165) is 38.1 Å². The molecule has 27 heavy (non-hydrogen) atoms. The molecule has 0 atom stereocenters. The van der Waals surface area contributed by atoms with Gasteiger partial charge in [0.1, 0.15) is 17.3 Å². The molecule has 144 valence electrons. The zero-order chi connectivity index (χ0) is 19.4. The molecular formula is C19H21F3N4O. The lowest BCUT2D eigenvalue weighted by Gasteiger charge is -2.22. The van der Waals surface area contributed by atoms with Crippen LogP contribution in [0.4, 0.5) is 24.7 Å². The lowest BCUT2D eigenvalue weighted by molar-refractivity contribution is -0.137. The lowest BCUT2D eigenvalue weighted by Crippen LogP contribution is -2.26. The quantitative estimate of drug-likeness (QED) is 0.858. The van der Waals surface area contributed by atoms with Crippen molar-refractivity contribution in [2.75, 3.05) is 23.3 Å². The molecular weight excluding hydrogens is 357 g/mol. The van der Waals surface area contributed by atoms with Gasteiger partial charge in [-0.05, 0) is 38.0 Å². The predicted octanol–water partition coefficient (Wildman–Crippen LogP) is 4.44. The summed E-state index contributed by atoms with van der Waals surface area (Å²) >= 11 is 0. The summed E-state index contributed by atoms with van der Waals surface area (Å²) in [6, 6.07) is 6.13. The summed E-state index contributed by atoms with van der Waals surface area (Å²) in [4.78, 5) is 23.2. The molecule has 1 aromatic heterocycles. The third kappa shape index (κ3) is 4.96. The van der Waals surface area contributed by atoms with Crippen molar-refractivity contribution in [3.8, 4) is 0 Å². The van der Waals surface area contributed by atoms with Gasteiger partial charge >= 0.3 is 6.18 Å². The number of halogens is 3. The maximum atomic E-state index is 12.8. The molecule has 0 bridgehead atoms. The number of aromatic nitrogens is 2. The molecule has 0 aliphatic carbocycles. The summed E-state index contributed by atoms with van der Waals surface area (Å²) < 4.78 is 38.5. The molecule has 2 aromatic rings. The Morgan fingerprint density at radius 3 is 2.44 bits per heavy atom. The molecule has 0 radical (unpaired) electrons. The third-order valence-electron chi connectivity index (χ3n) is 4.43. The first-order chi connectivity index (χ1) is 12.8. The van der Waals surface area contributed by atoms with Gasteiger partial charge in [0.05, 0.1) is 5.56 Å². The van der Waals surface area contributed by atoms with E-state index < -0.39 is 17.6 Å². The normalized spacial score (nSPS) is 15.3. The zero-order valence-electron chi connectivity index (χ0n) is 15.0. The minimum Gasteiger partial charge on any atom is -0.356 e. The number of benzene rings is 1. The van der Waals surface area contributed by atoms with E-state index in [1.54, 1.807) is 13.0 Å². The van der Waals surface area contributed by atoms with Crippen molar-refractivity contribution >= 4 is 17.4 Å². The molecule has 0 unspecified atom stereocenters. The molecule has 0 saturated carbocycles. The number of carbonyl (C=O) groups is 1. The van der Waals surface area contributed by atoms with Crippen molar-refractivity contribution < 1.29 is 18.0 Å². The molecule has 0 spiro atoms. The molecule has 5 nitrogen and oxygen atoms in total. The molecule has 1 aliphatic heterocycles. The first-order valence-electron chi connectivity index (χ1n) is 8.92. The van der Waals surface area contributed by atoms with Crippen LogP contribution in [-0.2, 0) is 6.18 Å². The fourth-order valence-corrected chi connectivity index (χ4v) is 3.10. The Morgan fingerprint density at radius 2 is 1.78 bits per heavy atom. The summed E-state index contributed by atoms with van der Waals surface area (Å²) in [5, 5.41) is 2.49. The molecule has 1 amide bonds. The predicted molar refractivity (Wildman–Crippen MR) is 96.8 cm³/mol. The van der Waals surface area contributed by atoms with E-state index in [0.29, 0.717) is 11.6 Å². The van der Waals surface area contributed by atoms with Gasteiger partial charge < -0.3 is 10.2 Å². The van der Waals surface area contributed by atoms with Crippen LogP contribution >= 0.6 is 0 Å². The van der Waals surface area contributed by atoms with Gasteiger partial charge in [0.2, 0.25) is 0 Å². The van der Waals surface area contributed by atoms with Crippen LogP contribution in [0.1, 0.15) is 47.6 Å². The number of amides is 1. The van der Waals surface area contributed by atoms with Gasteiger partial charge in [0, 0.05) is 24.8 Å². The molecule has 8 heteroatoms. The van der Waals surface area contributed by atoms with Crippen LogP contribution in [0.2, 0.25) is 0 Å². The highest BCUT2D eigenvalue weighted by atomic mass is 19.4. The van der Waals surface area contributed by atoms with Crippen molar-refractivity contribution in [3.05, 3.63) is 47.4 Å². The number of hydrogen-bond donors (Lipinski definition) is 1. The van der Waals surface area contributed by atoms with Crippen LogP contribution in [-0.4, -0.2) is 29.0 Å². The van der Waals surface area contributed by atoms with Gasteiger partial charge in [0.15, 0.2) is 0 Å². The standard InChI is InChI=1S/C19H21F3N4O/c1-13-23-16(12-17(24-13)26-9-4-2-3-5-10-26)18(27)25-15-8-6-7-14(11-15)19(20,21)22/h6-8,11-12H,2-5,9-10H2,1H3,(H,25,27). The fourth-order valence-electron chi connectivity index (χ4n) is 3.10. The van der Waals surface area contributed by atoms with Crippen molar-refractivity contribution in [1.29, 1.82) is 0 Å². The van der Waals surface area contributed by atoms with Crippen molar-refractivity contribution in [2.24, 2.45) is 0 Å². The summed E-state index contributed by atoms with van der Waals surface area (Å²) in [6.07, 6.45) is 0.00270. The summed E-state index contributed by atoms with van der Waals surface area (Å²) in [7, 11) is 0. The van der Waals surface area contributed by atoms with E-state index >= 15 is 0 Å². The van der Waals surface area contributed by atoms with Crippen molar-refractivity contribution in [2.45, 2.75) is 38.8 Å². The second-order valence-corrected chi connectivity index (χ2v) is 6.59. The van der Waals surface area contributed by atoms with Gasteiger partial charge in [-0.25, -0.2) is 9.97 Å². The minimum atomic E-state index is -4.47. The van der Waals surface area contributed by atoms with E-state index in [1.165, 1.54) is 25.0 Å². The first kappa shape index (κ1) is 19.1. The number of anilines is 2. The molecule has 1 aromatic carbocycles. The van der Waals surface area contributed by atoms with Crippen LogP contribution in [0, 0.1) is 6.92 Å².